The van der Waals surface area contributed by atoms with Crippen molar-refractivity contribution in [3.8, 4) is 34.1 Å². The molecule has 0 saturated carbocycles. The van der Waals surface area contributed by atoms with Gasteiger partial charge in [0.25, 0.3) is 5.88 Å². The third kappa shape index (κ3) is 4.26. The smallest absolute Gasteiger partial charge is 0.258 e. The van der Waals surface area contributed by atoms with Crippen molar-refractivity contribution in [1.29, 1.82) is 0 Å². The fourth-order valence-corrected chi connectivity index (χ4v) is 3.55. The molecule has 0 aliphatic carbocycles. The summed E-state index contributed by atoms with van der Waals surface area (Å²) in [6.45, 7) is 1.76. The first-order valence-electron chi connectivity index (χ1n) is 10.1. The van der Waals surface area contributed by atoms with Crippen LogP contribution in [0.1, 0.15) is 6.92 Å². The van der Waals surface area contributed by atoms with Crippen molar-refractivity contribution in [1.82, 2.24) is 29.7 Å². The number of nitrogens with two attached hydrogens (primary N) is 2. The van der Waals surface area contributed by atoms with Gasteiger partial charge in [0.2, 0.25) is 0 Å². The fraction of sp³-hybridized carbons (Fsp3) is 0.227. The molecule has 0 fully saturated rings. The molecule has 0 aliphatic heterocycles. The Balaban J connectivity index is 1.87. The van der Waals surface area contributed by atoms with Gasteiger partial charge in [-0.15, -0.1) is 0 Å². The Morgan fingerprint density at radius 1 is 1.18 bits per heavy atom. The minimum atomic E-state index is -0.588. The second-order valence-electron chi connectivity index (χ2n) is 7.38. The van der Waals surface area contributed by atoms with Crippen LogP contribution in [0.3, 0.4) is 0 Å². The number of likely N-dealkylation sites (N-methyl/N-ethyl adjacent to an activating group) is 1. The number of pyridine rings is 1. The number of benzene rings is 1. The molecule has 11 heteroatoms. The van der Waals surface area contributed by atoms with Crippen LogP contribution in [0.5, 0.6) is 11.6 Å². The highest BCUT2D eigenvalue weighted by atomic mass is 16.5. The average Bonchev–Trinajstić information content (AvgIpc) is 3.20. The Hall–Kier alpha value is -4.25. The summed E-state index contributed by atoms with van der Waals surface area (Å²) in [7, 11) is 5.02. The Bertz CT molecular complexity index is 1300. The highest BCUT2D eigenvalue weighted by Crippen LogP contribution is 2.36. The highest BCUT2D eigenvalue weighted by Gasteiger charge is 2.22. The maximum absolute atomic E-state index is 6.02. The van der Waals surface area contributed by atoms with Crippen LogP contribution < -0.4 is 21.2 Å². The summed E-state index contributed by atoms with van der Waals surface area (Å²) < 4.78 is 13.3. The number of ether oxygens (including phenoxy) is 2. The van der Waals surface area contributed by atoms with Gasteiger partial charge in [-0.1, -0.05) is 30.3 Å². The monoisotopic (exact) mass is 447 g/mol. The number of fused-ring (bicyclic) bond motifs is 1. The lowest BCUT2D eigenvalue weighted by Crippen LogP contribution is -2.43. The van der Waals surface area contributed by atoms with Gasteiger partial charge < -0.3 is 15.3 Å². The molecule has 1 unspecified atom stereocenters. The number of amidine groups is 1. The van der Waals surface area contributed by atoms with Crippen LogP contribution in [0.2, 0.25) is 0 Å². The lowest BCUT2D eigenvalue weighted by atomic mass is 10.0. The van der Waals surface area contributed by atoms with Crippen molar-refractivity contribution in [3.05, 3.63) is 48.9 Å². The van der Waals surface area contributed by atoms with Gasteiger partial charge in [-0.3, -0.25) is 9.69 Å². The number of methoxy groups -OCH3 is 1. The molecule has 3 aromatic heterocycles. The van der Waals surface area contributed by atoms with E-state index in [9.17, 15) is 0 Å². The summed E-state index contributed by atoms with van der Waals surface area (Å²) >= 11 is 0. The maximum atomic E-state index is 6.02. The molecule has 0 aliphatic rings. The molecule has 0 radical (unpaired) electrons. The van der Waals surface area contributed by atoms with Gasteiger partial charge in [0.15, 0.2) is 17.7 Å². The van der Waals surface area contributed by atoms with Gasteiger partial charge >= 0.3 is 0 Å². The standard InChI is InChI=1S/C22H25N9O2/c1-13(21(28-23)31(3)24)33-22-17(32-4)10-16-20(27-22)19(26-12-25-16)15-11-30(2)29-18(15)14-8-6-5-7-9-14/h5-13H,23-24H2,1-4H3/b28-21-. The summed E-state index contributed by atoms with van der Waals surface area (Å²) in [6, 6.07) is 11.6. The molecule has 3 heterocycles. The van der Waals surface area contributed by atoms with Crippen molar-refractivity contribution in [2.45, 2.75) is 13.0 Å². The number of nitrogens with zero attached hydrogens (tertiary/aromatic N) is 7. The minimum absolute atomic E-state index is 0.238. The molecule has 170 valence electrons. The molecule has 11 nitrogen and oxygen atoms in total. The van der Waals surface area contributed by atoms with E-state index >= 15 is 0 Å². The Labute approximate surface area is 190 Å². The molecule has 1 atom stereocenters. The summed E-state index contributed by atoms with van der Waals surface area (Å²) in [6.07, 6.45) is 2.81. The molecule has 0 spiro atoms. The van der Waals surface area contributed by atoms with E-state index in [4.69, 9.17) is 26.1 Å². The summed E-state index contributed by atoms with van der Waals surface area (Å²) in [5, 5.41) is 9.63. The topological polar surface area (TPSA) is 143 Å². The van der Waals surface area contributed by atoms with Gasteiger partial charge in [-0.25, -0.2) is 20.8 Å². The van der Waals surface area contributed by atoms with Crippen LogP contribution in [-0.2, 0) is 7.05 Å². The van der Waals surface area contributed by atoms with E-state index in [0.29, 0.717) is 28.3 Å². The predicted octanol–water partition coefficient (Wildman–Crippen LogP) is 1.95. The number of hydrogen-bond acceptors (Lipinski definition) is 9. The van der Waals surface area contributed by atoms with E-state index in [-0.39, 0.29) is 5.88 Å². The lowest BCUT2D eigenvalue weighted by molar-refractivity contribution is 0.243. The molecule has 1 aromatic carbocycles. The first-order chi connectivity index (χ1) is 15.9. The van der Waals surface area contributed by atoms with E-state index in [0.717, 1.165) is 16.8 Å². The van der Waals surface area contributed by atoms with E-state index < -0.39 is 6.10 Å². The van der Waals surface area contributed by atoms with E-state index in [1.165, 1.54) is 18.4 Å². The van der Waals surface area contributed by atoms with Crippen LogP contribution in [0.4, 0.5) is 0 Å². The highest BCUT2D eigenvalue weighted by molar-refractivity contribution is 5.94. The Morgan fingerprint density at radius 2 is 1.94 bits per heavy atom. The van der Waals surface area contributed by atoms with Crippen molar-refractivity contribution < 1.29 is 9.47 Å². The average molecular weight is 448 g/mol. The molecule has 0 saturated heterocycles. The van der Waals surface area contributed by atoms with Crippen LogP contribution in [0.25, 0.3) is 33.5 Å². The fourth-order valence-electron chi connectivity index (χ4n) is 3.55. The lowest BCUT2D eigenvalue weighted by Gasteiger charge is -2.22. The third-order valence-electron chi connectivity index (χ3n) is 5.04. The van der Waals surface area contributed by atoms with Crippen LogP contribution in [-0.4, -0.2) is 55.8 Å². The van der Waals surface area contributed by atoms with Gasteiger partial charge in [0.1, 0.15) is 23.2 Å². The zero-order chi connectivity index (χ0) is 23.5. The maximum Gasteiger partial charge on any atom is 0.258 e. The van der Waals surface area contributed by atoms with Crippen molar-refractivity contribution >= 4 is 16.9 Å². The Morgan fingerprint density at radius 3 is 2.61 bits per heavy atom. The quantitative estimate of drug-likeness (QED) is 0.196. The predicted molar refractivity (Wildman–Crippen MR) is 125 cm³/mol. The van der Waals surface area contributed by atoms with Crippen molar-refractivity contribution in [3.63, 3.8) is 0 Å². The normalized spacial score (nSPS) is 12.6. The molecule has 33 heavy (non-hydrogen) atoms. The summed E-state index contributed by atoms with van der Waals surface area (Å²) in [5.74, 6) is 12.2. The van der Waals surface area contributed by atoms with Gasteiger partial charge in [0.05, 0.1) is 12.6 Å². The van der Waals surface area contributed by atoms with Gasteiger partial charge in [-0.2, -0.15) is 10.2 Å². The first kappa shape index (κ1) is 22.0. The number of rotatable bonds is 6. The number of hydrogen-bond donors (Lipinski definition) is 2. The molecular formula is C22H25N9O2. The number of aryl methyl sites for hydroxylation is 1. The second kappa shape index (κ2) is 9.09. The van der Waals surface area contributed by atoms with Crippen LogP contribution >= 0.6 is 0 Å². The van der Waals surface area contributed by atoms with E-state index in [1.807, 2.05) is 43.6 Å². The molecule has 0 amide bonds. The zero-order valence-electron chi connectivity index (χ0n) is 18.8. The second-order valence-corrected chi connectivity index (χ2v) is 7.38. The summed E-state index contributed by atoms with van der Waals surface area (Å²) in [4.78, 5) is 13.6. The SMILES string of the molecule is COc1cc2ncnc(-c3cn(C)nc3-c3ccccc3)c2nc1OC(C)/C(=N/N)N(C)N. The molecule has 0 bridgehead atoms. The van der Waals surface area contributed by atoms with Crippen molar-refractivity contribution in [2.24, 2.45) is 23.8 Å². The molecule has 4 N–H and O–H groups in total. The zero-order valence-corrected chi connectivity index (χ0v) is 18.8. The number of hydrazone groups is 1. The number of hydrazine groups is 1. The minimum Gasteiger partial charge on any atom is -0.491 e. The van der Waals surface area contributed by atoms with E-state index in [1.54, 1.807) is 24.7 Å². The largest absolute Gasteiger partial charge is 0.491 e. The van der Waals surface area contributed by atoms with E-state index in [2.05, 4.69) is 20.2 Å². The van der Waals surface area contributed by atoms with Gasteiger partial charge in [-0.05, 0) is 6.92 Å². The van der Waals surface area contributed by atoms with Gasteiger partial charge in [0, 0.05) is 37.5 Å². The van der Waals surface area contributed by atoms with Crippen LogP contribution in [0.15, 0.2) is 54.0 Å². The number of aromatic nitrogens is 5. The first-order valence-corrected chi connectivity index (χ1v) is 10.1. The molecule has 4 rings (SSSR count). The third-order valence-corrected chi connectivity index (χ3v) is 5.04. The Kier molecular flexibility index (Phi) is 6.05. The van der Waals surface area contributed by atoms with Crippen molar-refractivity contribution in [2.75, 3.05) is 14.2 Å². The summed E-state index contributed by atoms with van der Waals surface area (Å²) in [5.41, 5.74) is 4.33. The van der Waals surface area contributed by atoms with Crippen LogP contribution in [0, 0.1) is 0 Å². The molecular weight excluding hydrogens is 422 g/mol. The molecule has 4 aromatic rings.